The van der Waals surface area contributed by atoms with Crippen molar-refractivity contribution in [1.29, 1.82) is 0 Å². The molecule has 0 aliphatic heterocycles. The van der Waals surface area contributed by atoms with Crippen molar-refractivity contribution in [3.63, 3.8) is 0 Å². The molecule has 0 N–H and O–H groups in total. The van der Waals surface area contributed by atoms with Crippen molar-refractivity contribution < 1.29 is 9.53 Å². The molecule has 3 nitrogen and oxygen atoms in total. The SMILES string of the molecule is COc1ccc(N(C)c2ccc(Br)cc2C=O)cc1. The van der Waals surface area contributed by atoms with Gasteiger partial charge in [0.2, 0.25) is 0 Å². The van der Waals surface area contributed by atoms with Crippen molar-refractivity contribution in [2.24, 2.45) is 0 Å². The van der Waals surface area contributed by atoms with E-state index < -0.39 is 0 Å². The summed E-state index contributed by atoms with van der Waals surface area (Å²) in [7, 11) is 3.57. The van der Waals surface area contributed by atoms with Gasteiger partial charge >= 0.3 is 0 Å². The third-order valence-electron chi connectivity index (χ3n) is 2.94. The molecule has 0 fully saturated rings. The van der Waals surface area contributed by atoms with E-state index in [4.69, 9.17) is 4.74 Å². The molecule has 0 aliphatic rings. The third-order valence-corrected chi connectivity index (χ3v) is 3.43. The lowest BCUT2D eigenvalue weighted by molar-refractivity contribution is 0.112. The molecule has 19 heavy (non-hydrogen) atoms. The number of carbonyl (C=O) groups is 1. The monoisotopic (exact) mass is 319 g/mol. The van der Waals surface area contributed by atoms with Crippen molar-refractivity contribution in [2.75, 3.05) is 19.1 Å². The number of hydrogen-bond donors (Lipinski definition) is 0. The number of rotatable bonds is 4. The molecular formula is C15H14BrNO2. The van der Waals surface area contributed by atoms with Crippen LogP contribution in [0.15, 0.2) is 46.9 Å². The Morgan fingerprint density at radius 1 is 1.16 bits per heavy atom. The van der Waals surface area contributed by atoms with Crippen molar-refractivity contribution in [3.05, 3.63) is 52.5 Å². The lowest BCUT2D eigenvalue weighted by Crippen LogP contribution is -2.11. The maximum Gasteiger partial charge on any atom is 0.152 e. The van der Waals surface area contributed by atoms with Crippen LogP contribution in [0.4, 0.5) is 11.4 Å². The zero-order chi connectivity index (χ0) is 13.8. The van der Waals surface area contributed by atoms with Crippen molar-refractivity contribution in [1.82, 2.24) is 0 Å². The van der Waals surface area contributed by atoms with E-state index in [0.717, 1.165) is 27.9 Å². The molecule has 0 amide bonds. The molecule has 0 aromatic heterocycles. The summed E-state index contributed by atoms with van der Waals surface area (Å²) in [6.45, 7) is 0. The van der Waals surface area contributed by atoms with E-state index in [-0.39, 0.29) is 0 Å². The second-order valence-electron chi connectivity index (χ2n) is 4.08. The highest BCUT2D eigenvalue weighted by Crippen LogP contribution is 2.29. The Morgan fingerprint density at radius 3 is 2.42 bits per heavy atom. The summed E-state index contributed by atoms with van der Waals surface area (Å²) in [6, 6.07) is 13.3. The summed E-state index contributed by atoms with van der Waals surface area (Å²) >= 11 is 3.37. The minimum Gasteiger partial charge on any atom is -0.497 e. The number of ether oxygens (including phenoxy) is 1. The molecule has 2 aromatic carbocycles. The van der Waals surface area contributed by atoms with Gasteiger partial charge in [0.05, 0.1) is 12.8 Å². The van der Waals surface area contributed by atoms with Crippen LogP contribution in [0, 0.1) is 0 Å². The highest BCUT2D eigenvalue weighted by Gasteiger charge is 2.09. The number of benzene rings is 2. The minimum absolute atomic E-state index is 0.646. The van der Waals surface area contributed by atoms with Gasteiger partial charge in [-0.3, -0.25) is 4.79 Å². The number of nitrogens with zero attached hydrogens (tertiary/aromatic N) is 1. The lowest BCUT2D eigenvalue weighted by atomic mass is 10.1. The number of halogens is 1. The molecule has 98 valence electrons. The quantitative estimate of drug-likeness (QED) is 0.796. The Hall–Kier alpha value is -1.81. The van der Waals surface area contributed by atoms with E-state index in [9.17, 15) is 4.79 Å². The van der Waals surface area contributed by atoms with E-state index in [1.165, 1.54) is 0 Å². The molecular weight excluding hydrogens is 306 g/mol. The van der Waals surface area contributed by atoms with Gasteiger partial charge < -0.3 is 9.64 Å². The summed E-state index contributed by atoms with van der Waals surface area (Å²) < 4.78 is 6.02. The first kappa shape index (κ1) is 13.6. The average molecular weight is 320 g/mol. The second kappa shape index (κ2) is 5.89. The number of carbonyl (C=O) groups excluding carboxylic acids is 1. The van der Waals surface area contributed by atoms with E-state index in [1.54, 1.807) is 7.11 Å². The maximum absolute atomic E-state index is 11.1. The fraction of sp³-hybridized carbons (Fsp3) is 0.133. The van der Waals surface area contributed by atoms with Crippen LogP contribution in [0.1, 0.15) is 10.4 Å². The van der Waals surface area contributed by atoms with Gasteiger partial charge in [-0.15, -0.1) is 0 Å². The summed E-state index contributed by atoms with van der Waals surface area (Å²) in [5.74, 6) is 0.809. The lowest BCUT2D eigenvalue weighted by Gasteiger charge is -2.21. The zero-order valence-electron chi connectivity index (χ0n) is 10.8. The van der Waals surface area contributed by atoms with Gasteiger partial charge in [0.15, 0.2) is 6.29 Å². The van der Waals surface area contributed by atoms with Crippen molar-refractivity contribution in [3.8, 4) is 5.75 Å². The summed E-state index contributed by atoms with van der Waals surface area (Å²) in [5.41, 5.74) is 2.50. The molecule has 2 rings (SSSR count). The first-order valence-electron chi connectivity index (χ1n) is 5.78. The summed E-state index contributed by atoms with van der Waals surface area (Å²) in [4.78, 5) is 13.1. The molecule has 0 spiro atoms. The largest absolute Gasteiger partial charge is 0.497 e. The third kappa shape index (κ3) is 2.96. The van der Waals surface area contributed by atoms with Gasteiger partial charge in [-0.1, -0.05) is 15.9 Å². The maximum atomic E-state index is 11.1. The Labute approximate surface area is 120 Å². The molecule has 0 saturated carbocycles. The minimum atomic E-state index is 0.646. The number of aldehydes is 1. The molecule has 0 heterocycles. The Bertz CT molecular complexity index is 581. The van der Waals surface area contributed by atoms with Crippen LogP contribution in [-0.4, -0.2) is 20.4 Å². The molecule has 0 radical (unpaired) electrons. The van der Waals surface area contributed by atoms with Crippen LogP contribution in [0.2, 0.25) is 0 Å². The second-order valence-corrected chi connectivity index (χ2v) is 4.99. The predicted molar refractivity (Wildman–Crippen MR) is 80.6 cm³/mol. The van der Waals surface area contributed by atoms with Gasteiger partial charge in [0, 0.05) is 22.8 Å². The van der Waals surface area contributed by atoms with Crippen LogP contribution < -0.4 is 9.64 Å². The van der Waals surface area contributed by atoms with Crippen molar-refractivity contribution >= 4 is 33.6 Å². The highest BCUT2D eigenvalue weighted by atomic mass is 79.9. The standard InChI is InChI=1S/C15H14BrNO2/c1-17(13-4-6-14(19-2)7-5-13)15-8-3-12(16)9-11(15)10-18/h3-10H,1-2H3. The topological polar surface area (TPSA) is 29.5 Å². The number of anilines is 2. The fourth-order valence-corrected chi connectivity index (χ4v) is 2.25. The molecule has 0 aliphatic carbocycles. The normalized spacial score (nSPS) is 10.1. The van der Waals surface area contributed by atoms with E-state index in [0.29, 0.717) is 5.56 Å². The molecule has 2 aromatic rings. The number of methoxy groups -OCH3 is 1. The number of hydrogen-bond acceptors (Lipinski definition) is 3. The van der Waals surface area contributed by atoms with E-state index in [2.05, 4.69) is 15.9 Å². The fourth-order valence-electron chi connectivity index (χ4n) is 1.87. The highest BCUT2D eigenvalue weighted by molar-refractivity contribution is 9.10. The van der Waals surface area contributed by atoms with Crippen LogP contribution in [0.5, 0.6) is 5.75 Å². The van der Waals surface area contributed by atoms with Gasteiger partial charge in [-0.05, 0) is 42.5 Å². The molecule has 0 atom stereocenters. The predicted octanol–water partition coefficient (Wildman–Crippen LogP) is 4.04. The molecule has 0 saturated heterocycles. The Morgan fingerprint density at radius 2 is 1.84 bits per heavy atom. The first-order chi connectivity index (χ1) is 9.15. The molecule has 0 bridgehead atoms. The van der Waals surface area contributed by atoms with Crippen LogP contribution >= 0.6 is 15.9 Å². The zero-order valence-corrected chi connectivity index (χ0v) is 12.3. The van der Waals surface area contributed by atoms with Crippen molar-refractivity contribution in [2.45, 2.75) is 0 Å². The van der Waals surface area contributed by atoms with Crippen LogP contribution in [-0.2, 0) is 0 Å². The molecule has 4 heteroatoms. The first-order valence-corrected chi connectivity index (χ1v) is 6.57. The van der Waals surface area contributed by atoms with Gasteiger partial charge in [-0.25, -0.2) is 0 Å². The average Bonchev–Trinajstić information content (AvgIpc) is 2.46. The molecule has 0 unspecified atom stereocenters. The summed E-state index contributed by atoms with van der Waals surface area (Å²) in [6.07, 6.45) is 0.861. The van der Waals surface area contributed by atoms with Gasteiger partial charge in [0.25, 0.3) is 0 Å². The Kier molecular flexibility index (Phi) is 4.22. The van der Waals surface area contributed by atoms with Gasteiger partial charge in [-0.2, -0.15) is 0 Å². The smallest absolute Gasteiger partial charge is 0.152 e. The van der Waals surface area contributed by atoms with Gasteiger partial charge in [0.1, 0.15) is 5.75 Å². The Balaban J connectivity index is 2.37. The van der Waals surface area contributed by atoms with E-state index >= 15 is 0 Å². The van der Waals surface area contributed by atoms with E-state index in [1.807, 2.05) is 54.4 Å². The van der Waals surface area contributed by atoms with Crippen LogP contribution in [0.25, 0.3) is 0 Å². The van der Waals surface area contributed by atoms with Crippen LogP contribution in [0.3, 0.4) is 0 Å². The summed E-state index contributed by atoms with van der Waals surface area (Å²) in [5, 5.41) is 0.